The molecule has 6 rings (SSSR count). The van der Waals surface area contributed by atoms with Crippen molar-refractivity contribution in [3.8, 4) is 35.0 Å². The monoisotopic (exact) mass is 874 g/mol. The zero-order chi connectivity index (χ0) is 40.2. The predicted octanol–water partition coefficient (Wildman–Crippen LogP) is 8.19. The number of halogens is 1. The first-order valence-corrected chi connectivity index (χ1v) is 19.9. The fourth-order valence-corrected chi connectivity index (χ4v) is 7.52. The Bertz CT molecular complexity index is 2300. The third kappa shape index (κ3) is 9.56. The van der Waals surface area contributed by atoms with Gasteiger partial charge in [-0.05, 0) is 113 Å². The van der Waals surface area contributed by atoms with E-state index >= 15 is 0 Å². The average molecular weight is 875 g/mol. The Balaban J connectivity index is 1.66. The van der Waals surface area contributed by atoms with Gasteiger partial charge in [-0.1, -0.05) is 42.5 Å². The highest BCUT2D eigenvalue weighted by molar-refractivity contribution is 14.1. The molecule has 8 nitrogen and oxygen atoms in total. The van der Waals surface area contributed by atoms with E-state index in [1.807, 2.05) is 48.5 Å². The standard InChI is InChI=1S/C47H48BIN2O6/c1-35-33-41(19-9-37-11-21-43(54-5)22-12-37)50-46(35)45(39-15-17-40(49)18-16-39)47-36(2)34-42(20-10-38-13-23-44(55-6)24-14-38)51(47)48(50,25-7-27-56-31-29-52-3)26-8-28-57-32-30-53-4/h9-24,33-34H,27-32H2,1-6H3/b19-9+,20-10+. The van der Waals surface area contributed by atoms with Crippen LogP contribution in [0.2, 0.25) is 0 Å². The van der Waals surface area contributed by atoms with Crippen molar-refractivity contribution >= 4 is 58.5 Å². The highest BCUT2D eigenvalue weighted by Crippen LogP contribution is 2.44. The highest BCUT2D eigenvalue weighted by atomic mass is 127. The third-order valence-electron chi connectivity index (χ3n) is 9.81. The maximum Gasteiger partial charge on any atom is 0.520 e. The average Bonchev–Trinajstić information content (AvgIpc) is 3.75. The molecule has 0 N–H and O–H groups in total. The summed E-state index contributed by atoms with van der Waals surface area (Å²) in [6.45, 7) is 6.60. The van der Waals surface area contributed by atoms with Gasteiger partial charge in [0.15, 0.2) is 11.4 Å². The number of benzene rings is 3. The second-order valence-electron chi connectivity index (χ2n) is 13.5. The zero-order valence-electron chi connectivity index (χ0n) is 33.4. The summed E-state index contributed by atoms with van der Waals surface area (Å²) in [4.78, 5) is 0. The van der Waals surface area contributed by atoms with E-state index in [2.05, 4.69) is 130 Å². The van der Waals surface area contributed by atoms with Crippen LogP contribution in [0.3, 0.4) is 0 Å². The molecule has 4 aromatic rings. The number of aryl methyl sites for hydroxylation is 1. The van der Waals surface area contributed by atoms with E-state index in [-0.39, 0.29) is 13.2 Å². The van der Waals surface area contributed by atoms with Crippen LogP contribution in [0.1, 0.15) is 40.6 Å². The first kappa shape index (κ1) is 41.6. The van der Waals surface area contributed by atoms with Gasteiger partial charge in [0.1, 0.15) is 24.7 Å². The van der Waals surface area contributed by atoms with Gasteiger partial charge in [-0.15, -0.1) is 11.8 Å². The summed E-state index contributed by atoms with van der Waals surface area (Å²) in [6.07, 6.45) is 8.55. The molecule has 0 atom stereocenters. The minimum Gasteiger partial charge on any atom is -0.497 e. The molecule has 2 aliphatic heterocycles. The number of allylic oxidation sites excluding steroid dienone is 3. The molecule has 0 fully saturated rings. The van der Waals surface area contributed by atoms with Crippen molar-refractivity contribution in [1.82, 2.24) is 4.48 Å². The topological polar surface area (TPSA) is 63.3 Å². The number of hydrogen-bond donors (Lipinski definition) is 0. The van der Waals surface area contributed by atoms with E-state index in [0.29, 0.717) is 26.4 Å². The molecule has 3 aromatic carbocycles. The van der Waals surface area contributed by atoms with Gasteiger partial charge in [0.05, 0.1) is 46.2 Å². The van der Waals surface area contributed by atoms with Gasteiger partial charge in [-0.25, -0.2) is 0 Å². The van der Waals surface area contributed by atoms with Crippen LogP contribution in [-0.4, -0.2) is 89.2 Å². The lowest BCUT2D eigenvalue weighted by Gasteiger charge is -2.39. The summed E-state index contributed by atoms with van der Waals surface area (Å²) in [5.74, 6) is 15.9. The van der Waals surface area contributed by atoms with Crippen LogP contribution < -0.4 is 9.47 Å². The number of methoxy groups -OCH3 is 4. The Morgan fingerprint density at radius 2 is 1.23 bits per heavy atom. The molecule has 0 amide bonds. The van der Waals surface area contributed by atoms with Crippen molar-refractivity contribution in [3.63, 3.8) is 0 Å². The molecule has 0 unspecified atom stereocenters. The highest BCUT2D eigenvalue weighted by Gasteiger charge is 2.51. The molecule has 1 aromatic heterocycles. The number of rotatable bonds is 15. The van der Waals surface area contributed by atoms with Crippen LogP contribution in [0.25, 0.3) is 23.8 Å². The fourth-order valence-electron chi connectivity index (χ4n) is 7.16. The lowest BCUT2D eigenvalue weighted by atomic mass is 9.45. The van der Waals surface area contributed by atoms with Crippen LogP contribution in [0.15, 0.2) is 102 Å². The smallest absolute Gasteiger partial charge is 0.497 e. The van der Waals surface area contributed by atoms with E-state index in [0.717, 1.165) is 71.3 Å². The lowest BCUT2D eigenvalue weighted by Crippen LogP contribution is -2.57. The van der Waals surface area contributed by atoms with Crippen LogP contribution in [0.5, 0.6) is 11.5 Å². The van der Waals surface area contributed by atoms with Crippen molar-refractivity contribution in [2.24, 2.45) is 0 Å². The van der Waals surface area contributed by atoms with E-state index in [9.17, 15) is 0 Å². The lowest BCUT2D eigenvalue weighted by molar-refractivity contribution is -0.328. The third-order valence-corrected chi connectivity index (χ3v) is 10.5. The molecular weight excluding hydrogens is 826 g/mol. The van der Waals surface area contributed by atoms with Gasteiger partial charge < -0.3 is 37.4 Å². The summed E-state index contributed by atoms with van der Waals surface area (Å²) in [5, 5.41) is 0. The van der Waals surface area contributed by atoms with Gasteiger partial charge in [-0.2, -0.15) is 11.6 Å². The quantitative estimate of drug-likeness (QED) is 0.0520. The Hall–Kier alpha value is -5.08. The molecular formula is C47H48BIN2O6. The molecule has 0 radical (unpaired) electrons. The van der Waals surface area contributed by atoms with Crippen LogP contribution in [-0.2, 0) is 18.9 Å². The minimum absolute atomic E-state index is 0.214. The maximum atomic E-state index is 5.93. The first-order chi connectivity index (χ1) is 27.8. The summed E-state index contributed by atoms with van der Waals surface area (Å²) in [6, 6.07) is 27.0. The normalized spacial score (nSPS) is 14.3. The number of aromatic nitrogens is 1. The molecule has 292 valence electrons. The Morgan fingerprint density at radius 1 is 0.684 bits per heavy atom. The summed E-state index contributed by atoms with van der Waals surface area (Å²) < 4.78 is 39.1. The second-order valence-corrected chi connectivity index (χ2v) is 14.8. The molecule has 0 bridgehead atoms. The van der Waals surface area contributed by atoms with E-state index in [1.54, 1.807) is 28.4 Å². The maximum absolute atomic E-state index is 5.93. The van der Waals surface area contributed by atoms with Crippen LogP contribution >= 0.6 is 22.6 Å². The zero-order valence-corrected chi connectivity index (χ0v) is 35.6. The fraction of sp³-hybridized carbons (Fsp3) is 0.255. The summed E-state index contributed by atoms with van der Waals surface area (Å²) in [7, 11) is 6.67. The Labute approximate surface area is 350 Å². The number of fused-ring (bicyclic) bond motifs is 2. The largest absolute Gasteiger partial charge is 0.520 e. The molecule has 57 heavy (non-hydrogen) atoms. The summed E-state index contributed by atoms with van der Waals surface area (Å²) in [5.41, 5.74) is 10.6. The predicted molar refractivity (Wildman–Crippen MR) is 239 cm³/mol. The first-order valence-electron chi connectivity index (χ1n) is 18.8. The van der Waals surface area contributed by atoms with Crippen LogP contribution in [0.4, 0.5) is 0 Å². The number of nitrogens with zero attached hydrogens (tertiary/aromatic N) is 2. The van der Waals surface area contributed by atoms with E-state index < -0.39 is 6.42 Å². The molecule has 0 spiro atoms. The minimum atomic E-state index is -2.24. The molecule has 0 aliphatic carbocycles. The Kier molecular flexibility index (Phi) is 14.5. The molecule has 10 heteroatoms. The van der Waals surface area contributed by atoms with Crippen molar-refractivity contribution in [2.45, 2.75) is 13.8 Å². The van der Waals surface area contributed by atoms with Gasteiger partial charge >= 0.3 is 6.42 Å². The number of hydrogen-bond acceptors (Lipinski definition) is 6. The Morgan fingerprint density at radius 3 is 1.75 bits per heavy atom. The summed E-state index contributed by atoms with van der Waals surface area (Å²) >= 11 is 2.36. The van der Waals surface area contributed by atoms with Crippen molar-refractivity contribution in [1.29, 1.82) is 0 Å². The van der Waals surface area contributed by atoms with Crippen LogP contribution in [0, 0.1) is 34.0 Å². The number of ether oxygens (including phenoxy) is 6. The molecule has 0 saturated carbocycles. The van der Waals surface area contributed by atoms with Crippen molar-refractivity contribution < 1.29 is 32.9 Å². The van der Waals surface area contributed by atoms with Gasteiger partial charge in [0.25, 0.3) is 0 Å². The van der Waals surface area contributed by atoms with Gasteiger partial charge in [-0.3, -0.25) is 0 Å². The second kappa shape index (κ2) is 19.9. The van der Waals surface area contributed by atoms with Gasteiger partial charge in [0, 0.05) is 46.9 Å². The van der Waals surface area contributed by atoms with E-state index in [4.69, 9.17) is 28.4 Å². The van der Waals surface area contributed by atoms with Crippen molar-refractivity contribution in [3.05, 3.63) is 139 Å². The SMILES string of the molecule is COCCOCC#C[B-]1(C#CCOCCOC)n2c(/C=C/c3ccc(OC)cc3)cc(C)c2C(c2ccc(I)cc2)=C2C(C)=CC(/C=C/c3ccc(OC)cc3)=[N+]21. The van der Waals surface area contributed by atoms with E-state index in [1.165, 1.54) is 0 Å². The van der Waals surface area contributed by atoms with Crippen molar-refractivity contribution in [2.75, 3.05) is 68.1 Å². The molecule has 0 saturated heterocycles. The molecule has 3 heterocycles. The van der Waals surface area contributed by atoms with Gasteiger partial charge in [0.2, 0.25) is 0 Å². The molecule has 2 aliphatic rings.